The Hall–Kier alpha value is -3.35. The molecule has 7 nitrogen and oxygen atoms in total. The summed E-state index contributed by atoms with van der Waals surface area (Å²) >= 11 is 0. The SMILES string of the molecule is CC(C)(C)OC(=O)NCCCCCNc1ccccc1-c1n[nH]c(=O)c2ccccc12. The maximum absolute atomic E-state index is 12.1. The summed E-state index contributed by atoms with van der Waals surface area (Å²) < 4.78 is 5.23. The van der Waals surface area contributed by atoms with Crippen LogP contribution < -0.4 is 16.2 Å². The van der Waals surface area contributed by atoms with E-state index in [-0.39, 0.29) is 11.7 Å². The molecule has 7 heteroatoms. The van der Waals surface area contributed by atoms with E-state index in [1.54, 1.807) is 6.07 Å². The molecule has 3 N–H and O–H groups in total. The van der Waals surface area contributed by atoms with Gasteiger partial charge in [0.15, 0.2) is 0 Å². The standard InChI is InChI=1S/C24H30N4O3/c1-24(2,3)31-23(30)26-16-10-4-9-15-25-20-14-8-7-13-19(20)21-17-11-5-6-12-18(17)22(29)28-27-21/h5-8,11-14,25H,4,9-10,15-16H2,1-3H3,(H,26,30)(H,28,29). The molecule has 0 radical (unpaired) electrons. The molecule has 0 spiro atoms. The van der Waals surface area contributed by atoms with Crippen LogP contribution in [0.3, 0.4) is 0 Å². The van der Waals surface area contributed by atoms with Gasteiger partial charge in [-0.2, -0.15) is 5.10 Å². The second-order valence-corrected chi connectivity index (χ2v) is 8.41. The molecule has 1 amide bonds. The van der Waals surface area contributed by atoms with Gasteiger partial charge in [0.1, 0.15) is 11.3 Å². The fraction of sp³-hybridized carbons (Fsp3) is 0.375. The number of benzene rings is 2. The molecule has 0 saturated heterocycles. The van der Waals surface area contributed by atoms with Gasteiger partial charge in [-0.3, -0.25) is 4.79 Å². The lowest BCUT2D eigenvalue weighted by Gasteiger charge is -2.19. The van der Waals surface area contributed by atoms with E-state index in [4.69, 9.17) is 4.74 Å². The molecule has 2 aromatic carbocycles. The minimum atomic E-state index is -0.479. The number of carbonyl (C=O) groups is 1. The van der Waals surface area contributed by atoms with Crippen LogP contribution in [-0.2, 0) is 4.74 Å². The van der Waals surface area contributed by atoms with Crippen molar-refractivity contribution in [3.8, 4) is 11.3 Å². The van der Waals surface area contributed by atoms with Crippen molar-refractivity contribution < 1.29 is 9.53 Å². The lowest BCUT2D eigenvalue weighted by Crippen LogP contribution is -2.33. The van der Waals surface area contributed by atoms with Gasteiger partial charge >= 0.3 is 6.09 Å². The highest BCUT2D eigenvalue weighted by molar-refractivity contribution is 5.96. The second kappa shape index (κ2) is 10.1. The quantitative estimate of drug-likeness (QED) is 0.458. The van der Waals surface area contributed by atoms with Crippen LogP contribution in [0.2, 0.25) is 0 Å². The van der Waals surface area contributed by atoms with Crippen LogP contribution in [0, 0.1) is 0 Å². The first-order valence-electron chi connectivity index (χ1n) is 10.6. The zero-order chi connectivity index (χ0) is 22.3. The largest absolute Gasteiger partial charge is 0.444 e. The van der Waals surface area contributed by atoms with E-state index in [2.05, 4.69) is 20.8 Å². The van der Waals surface area contributed by atoms with Crippen molar-refractivity contribution in [1.82, 2.24) is 15.5 Å². The van der Waals surface area contributed by atoms with Crippen molar-refractivity contribution in [2.24, 2.45) is 0 Å². The number of rotatable bonds is 8. The molecule has 164 valence electrons. The predicted molar refractivity (Wildman–Crippen MR) is 124 cm³/mol. The number of para-hydroxylation sites is 1. The van der Waals surface area contributed by atoms with Crippen molar-refractivity contribution in [3.05, 3.63) is 58.9 Å². The summed E-state index contributed by atoms with van der Waals surface area (Å²) in [7, 11) is 0. The molecule has 31 heavy (non-hydrogen) atoms. The number of ether oxygens (including phenoxy) is 1. The first kappa shape index (κ1) is 22.3. The number of amides is 1. The van der Waals surface area contributed by atoms with E-state index in [1.807, 2.05) is 63.2 Å². The Morgan fingerprint density at radius 3 is 2.42 bits per heavy atom. The third-order valence-corrected chi connectivity index (χ3v) is 4.72. The average molecular weight is 423 g/mol. The molecule has 0 aliphatic heterocycles. The molecule has 3 aromatic rings. The second-order valence-electron chi connectivity index (χ2n) is 8.41. The number of hydrogen-bond donors (Lipinski definition) is 3. The summed E-state index contributed by atoms with van der Waals surface area (Å²) in [5.41, 5.74) is 2.00. The van der Waals surface area contributed by atoms with Crippen LogP contribution in [0.1, 0.15) is 40.0 Å². The summed E-state index contributed by atoms with van der Waals surface area (Å²) in [6.45, 7) is 6.94. The summed E-state index contributed by atoms with van der Waals surface area (Å²) in [4.78, 5) is 23.7. The van der Waals surface area contributed by atoms with Crippen LogP contribution in [0.5, 0.6) is 0 Å². The molecule has 0 saturated carbocycles. The van der Waals surface area contributed by atoms with Crippen LogP contribution in [0.15, 0.2) is 53.3 Å². The van der Waals surface area contributed by atoms with Crippen LogP contribution in [-0.4, -0.2) is 35.0 Å². The molecule has 1 heterocycles. The number of unbranched alkanes of at least 4 members (excludes halogenated alkanes) is 2. The topological polar surface area (TPSA) is 96.1 Å². The van der Waals surface area contributed by atoms with E-state index >= 15 is 0 Å². The van der Waals surface area contributed by atoms with E-state index in [1.165, 1.54) is 0 Å². The molecular weight excluding hydrogens is 392 g/mol. The van der Waals surface area contributed by atoms with Crippen molar-refractivity contribution >= 4 is 22.6 Å². The summed E-state index contributed by atoms with van der Waals surface area (Å²) in [6, 6.07) is 15.4. The number of fused-ring (bicyclic) bond motifs is 1. The molecule has 0 aliphatic rings. The Bertz CT molecular complexity index is 1090. The van der Waals surface area contributed by atoms with Gasteiger partial charge in [0.05, 0.1) is 5.39 Å². The first-order valence-corrected chi connectivity index (χ1v) is 10.6. The minimum absolute atomic E-state index is 0.190. The number of hydrogen-bond acceptors (Lipinski definition) is 5. The third-order valence-electron chi connectivity index (χ3n) is 4.72. The number of H-pyrrole nitrogens is 1. The van der Waals surface area contributed by atoms with E-state index in [0.717, 1.165) is 48.1 Å². The molecule has 1 aromatic heterocycles. The Morgan fingerprint density at radius 2 is 1.65 bits per heavy atom. The fourth-order valence-corrected chi connectivity index (χ4v) is 3.32. The molecule has 0 fully saturated rings. The number of aromatic nitrogens is 2. The maximum atomic E-state index is 12.1. The normalized spacial score (nSPS) is 11.3. The number of anilines is 1. The van der Waals surface area contributed by atoms with Crippen LogP contribution in [0.4, 0.5) is 10.5 Å². The number of nitrogens with one attached hydrogen (secondary N) is 3. The number of aromatic amines is 1. The lowest BCUT2D eigenvalue weighted by molar-refractivity contribution is 0.0527. The Morgan fingerprint density at radius 1 is 0.968 bits per heavy atom. The average Bonchev–Trinajstić information content (AvgIpc) is 2.73. The highest BCUT2D eigenvalue weighted by Gasteiger charge is 2.15. The van der Waals surface area contributed by atoms with E-state index < -0.39 is 5.60 Å². The predicted octanol–water partition coefficient (Wildman–Crippen LogP) is 4.70. The zero-order valence-corrected chi connectivity index (χ0v) is 18.3. The van der Waals surface area contributed by atoms with Crippen molar-refractivity contribution in [3.63, 3.8) is 0 Å². The Kier molecular flexibility index (Phi) is 7.28. The first-order chi connectivity index (χ1) is 14.8. The van der Waals surface area contributed by atoms with E-state index in [0.29, 0.717) is 11.9 Å². The van der Waals surface area contributed by atoms with Crippen molar-refractivity contribution in [2.75, 3.05) is 18.4 Å². The molecule has 0 atom stereocenters. The summed E-state index contributed by atoms with van der Waals surface area (Å²) in [6.07, 6.45) is 2.45. The number of alkyl carbamates (subject to hydrolysis) is 1. The number of carbonyl (C=O) groups excluding carboxylic acids is 1. The monoisotopic (exact) mass is 422 g/mol. The van der Waals surface area contributed by atoms with Gasteiger partial charge in [0.25, 0.3) is 5.56 Å². The minimum Gasteiger partial charge on any atom is -0.444 e. The zero-order valence-electron chi connectivity index (χ0n) is 18.3. The third kappa shape index (κ3) is 6.31. The molecule has 3 rings (SSSR count). The smallest absolute Gasteiger partial charge is 0.407 e. The van der Waals surface area contributed by atoms with Gasteiger partial charge < -0.3 is 15.4 Å². The van der Waals surface area contributed by atoms with Crippen LogP contribution in [0.25, 0.3) is 22.0 Å². The summed E-state index contributed by atoms with van der Waals surface area (Å²) in [5, 5.41) is 14.6. The van der Waals surface area contributed by atoms with E-state index in [9.17, 15) is 9.59 Å². The highest BCUT2D eigenvalue weighted by atomic mass is 16.6. The van der Waals surface area contributed by atoms with Crippen LogP contribution >= 0.6 is 0 Å². The van der Waals surface area contributed by atoms with Gasteiger partial charge in [0.2, 0.25) is 0 Å². The van der Waals surface area contributed by atoms with Gasteiger partial charge in [-0.15, -0.1) is 0 Å². The highest BCUT2D eigenvalue weighted by Crippen LogP contribution is 2.30. The van der Waals surface area contributed by atoms with Crippen molar-refractivity contribution in [1.29, 1.82) is 0 Å². The summed E-state index contributed by atoms with van der Waals surface area (Å²) in [5.74, 6) is 0. The van der Waals surface area contributed by atoms with Crippen molar-refractivity contribution in [2.45, 2.75) is 45.6 Å². The van der Waals surface area contributed by atoms with Gasteiger partial charge in [-0.05, 0) is 52.2 Å². The van der Waals surface area contributed by atoms with Gasteiger partial charge in [-0.25, -0.2) is 9.89 Å². The Balaban J connectivity index is 1.54. The lowest BCUT2D eigenvalue weighted by atomic mass is 10.0. The molecule has 0 unspecified atom stereocenters. The number of nitrogens with zero attached hydrogens (tertiary/aromatic N) is 1. The molecule has 0 aliphatic carbocycles. The molecule has 0 bridgehead atoms. The fourth-order valence-electron chi connectivity index (χ4n) is 3.32. The van der Waals surface area contributed by atoms with Gasteiger partial charge in [0, 0.05) is 29.7 Å². The van der Waals surface area contributed by atoms with Gasteiger partial charge in [-0.1, -0.05) is 36.4 Å². The molecular formula is C24H30N4O3. The Labute approximate surface area is 182 Å². The maximum Gasteiger partial charge on any atom is 0.407 e.